The first-order chi connectivity index (χ1) is 9.33. The van der Waals surface area contributed by atoms with Gasteiger partial charge in [0.25, 0.3) is 0 Å². The number of benzene rings is 1. The quantitative estimate of drug-likeness (QED) is 0.846. The second-order valence-corrected chi connectivity index (χ2v) is 3.57. The van der Waals surface area contributed by atoms with E-state index in [1.807, 2.05) is 0 Å². The van der Waals surface area contributed by atoms with Crippen LogP contribution in [0, 0.1) is 0 Å². The Bertz CT molecular complexity index is 485. The molecule has 1 aromatic carbocycles. The van der Waals surface area contributed by atoms with Crippen LogP contribution in [-0.4, -0.2) is 12.5 Å². The fourth-order valence-corrected chi connectivity index (χ4v) is 1.40. The van der Waals surface area contributed by atoms with Crippen molar-refractivity contribution in [2.75, 3.05) is 6.50 Å². The second-order valence-electron chi connectivity index (χ2n) is 3.57. The summed E-state index contributed by atoms with van der Waals surface area (Å²) in [6.07, 6.45) is -4.36. The van der Waals surface area contributed by atoms with E-state index in [-0.39, 0.29) is 6.42 Å². The van der Waals surface area contributed by atoms with E-state index in [0.29, 0.717) is 5.56 Å². The largest absolute Gasteiger partial charge is 0.416 e. The Hall–Kier alpha value is -1.03. The van der Waals surface area contributed by atoms with Crippen LogP contribution in [0.15, 0.2) is 24.3 Å². The van der Waals surface area contributed by atoms with E-state index < -0.39 is 31.1 Å². The Labute approximate surface area is 101 Å². The minimum atomic E-state index is -4.44. The van der Waals surface area contributed by atoms with E-state index in [1.54, 1.807) is 0 Å². The molecule has 0 aromatic heterocycles. The molecule has 16 heavy (non-hydrogen) atoms. The van der Waals surface area contributed by atoms with Gasteiger partial charge in [-0.25, -0.2) is 0 Å². The first kappa shape index (κ1) is 7.33. The molecule has 4 heteroatoms. The molecule has 0 aliphatic rings. The summed E-state index contributed by atoms with van der Waals surface area (Å²) in [5.41, 5.74) is -0.433. The average molecular weight is 236 g/mol. The zero-order valence-corrected chi connectivity index (χ0v) is 8.73. The maximum absolute atomic E-state index is 12.6. The summed E-state index contributed by atoms with van der Waals surface area (Å²) in [4.78, 5) is 0. The fraction of sp³-hybridized carbons (Fsp3) is 0.500. The van der Waals surface area contributed by atoms with Gasteiger partial charge < -0.3 is 5.32 Å². The van der Waals surface area contributed by atoms with Gasteiger partial charge in [-0.15, -0.1) is 0 Å². The number of halogens is 3. The van der Waals surface area contributed by atoms with Gasteiger partial charge in [-0.1, -0.05) is 25.1 Å². The number of alkyl halides is 3. The van der Waals surface area contributed by atoms with Crippen LogP contribution in [-0.2, 0) is 12.6 Å². The maximum Gasteiger partial charge on any atom is 0.416 e. The van der Waals surface area contributed by atoms with Gasteiger partial charge in [0.2, 0.25) is 0 Å². The molecule has 1 nitrogen and oxygen atoms in total. The van der Waals surface area contributed by atoms with Crippen molar-refractivity contribution in [1.29, 1.82) is 0 Å². The van der Waals surface area contributed by atoms with Crippen LogP contribution in [0.25, 0.3) is 0 Å². The third kappa shape index (κ3) is 3.85. The number of likely N-dealkylation sites (N-methyl/N-ethyl adjacent to an activating group) is 1. The number of hydrogen-bond donors (Lipinski definition) is 1. The van der Waals surface area contributed by atoms with Crippen molar-refractivity contribution in [2.24, 2.45) is 0 Å². The van der Waals surface area contributed by atoms with E-state index in [9.17, 15) is 13.2 Å². The van der Waals surface area contributed by atoms with Crippen LogP contribution in [0.3, 0.4) is 0 Å². The highest BCUT2D eigenvalue weighted by atomic mass is 19.4. The predicted octanol–water partition coefficient (Wildman–Crippen LogP) is 3.25. The SMILES string of the molecule is [2H]C([2H])([2H])C([2H])([2H])NC(C)Cc1cccc(C(F)(F)F)c1. The summed E-state index contributed by atoms with van der Waals surface area (Å²) in [5, 5.41) is 2.29. The normalized spacial score (nSPS) is 20.1. The number of nitrogens with one attached hydrogen (secondary N) is 1. The second kappa shape index (κ2) is 5.34. The fourth-order valence-electron chi connectivity index (χ4n) is 1.40. The van der Waals surface area contributed by atoms with Gasteiger partial charge in [0.1, 0.15) is 0 Å². The monoisotopic (exact) mass is 236 g/mol. The summed E-state index contributed by atoms with van der Waals surface area (Å²) in [6.45, 7) is -3.94. The Kier molecular flexibility index (Phi) is 2.45. The van der Waals surface area contributed by atoms with Crippen LogP contribution < -0.4 is 5.32 Å². The first-order valence-electron chi connectivity index (χ1n) is 7.27. The topological polar surface area (TPSA) is 12.0 Å². The molecule has 0 fully saturated rings. The molecule has 1 unspecified atom stereocenters. The maximum atomic E-state index is 12.6. The molecular formula is C12H16F3N. The number of hydrogen-bond acceptors (Lipinski definition) is 1. The van der Waals surface area contributed by atoms with Crippen LogP contribution in [0.1, 0.15) is 31.8 Å². The molecule has 90 valence electrons. The molecule has 0 spiro atoms. The van der Waals surface area contributed by atoms with Crippen molar-refractivity contribution < 1.29 is 20.0 Å². The highest BCUT2D eigenvalue weighted by molar-refractivity contribution is 5.26. The van der Waals surface area contributed by atoms with Gasteiger partial charge in [0, 0.05) is 12.9 Å². The van der Waals surface area contributed by atoms with Crippen molar-refractivity contribution in [3.8, 4) is 0 Å². The lowest BCUT2D eigenvalue weighted by Gasteiger charge is -2.13. The van der Waals surface area contributed by atoms with E-state index in [2.05, 4.69) is 5.32 Å². The van der Waals surface area contributed by atoms with Gasteiger partial charge >= 0.3 is 6.18 Å². The van der Waals surface area contributed by atoms with E-state index in [1.165, 1.54) is 19.1 Å². The molecule has 0 aliphatic heterocycles. The minimum absolute atomic E-state index is 0.0828. The molecule has 0 heterocycles. The van der Waals surface area contributed by atoms with Crippen molar-refractivity contribution in [3.05, 3.63) is 35.4 Å². The smallest absolute Gasteiger partial charge is 0.314 e. The molecule has 0 saturated carbocycles. The molecule has 1 atom stereocenters. The first-order valence-corrected chi connectivity index (χ1v) is 4.77. The van der Waals surface area contributed by atoms with E-state index >= 15 is 0 Å². The molecule has 1 aromatic rings. The van der Waals surface area contributed by atoms with Crippen molar-refractivity contribution >= 4 is 0 Å². The van der Waals surface area contributed by atoms with Crippen molar-refractivity contribution in [1.82, 2.24) is 5.32 Å². The van der Waals surface area contributed by atoms with Gasteiger partial charge in [-0.05, 0) is 31.5 Å². The summed E-state index contributed by atoms with van der Waals surface area (Å²) in [6, 6.07) is 4.04. The molecule has 0 amide bonds. The Morgan fingerprint density at radius 3 is 2.88 bits per heavy atom. The lowest BCUT2D eigenvalue weighted by atomic mass is 10.0. The van der Waals surface area contributed by atoms with Crippen LogP contribution in [0.5, 0.6) is 0 Å². The van der Waals surface area contributed by atoms with Gasteiger partial charge in [-0.2, -0.15) is 13.2 Å². The standard InChI is InChI=1S/C12H16F3N/c1-3-16-9(2)7-10-5-4-6-11(8-10)12(13,14)15/h4-6,8-9,16H,3,7H2,1-2H3/i1D3,3D2. The summed E-state index contributed by atoms with van der Waals surface area (Å²) in [5.74, 6) is 0. The van der Waals surface area contributed by atoms with Crippen LogP contribution >= 0.6 is 0 Å². The van der Waals surface area contributed by atoms with E-state index in [4.69, 9.17) is 6.85 Å². The summed E-state index contributed by atoms with van der Waals surface area (Å²) >= 11 is 0. The molecule has 0 aliphatic carbocycles. The minimum Gasteiger partial charge on any atom is -0.314 e. The Balaban J connectivity index is 2.78. The third-order valence-electron chi connectivity index (χ3n) is 2.11. The van der Waals surface area contributed by atoms with Crippen molar-refractivity contribution in [3.63, 3.8) is 0 Å². The molecule has 0 radical (unpaired) electrons. The predicted molar refractivity (Wildman–Crippen MR) is 58.3 cm³/mol. The lowest BCUT2D eigenvalue weighted by Crippen LogP contribution is -2.27. The number of rotatable bonds is 4. The lowest BCUT2D eigenvalue weighted by molar-refractivity contribution is -0.137. The Morgan fingerprint density at radius 1 is 1.50 bits per heavy atom. The van der Waals surface area contributed by atoms with Crippen LogP contribution in [0.2, 0.25) is 0 Å². The third-order valence-corrected chi connectivity index (χ3v) is 2.11. The molecular weight excluding hydrogens is 215 g/mol. The molecule has 0 saturated heterocycles. The van der Waals surface area contributed by atoms with Gasteiger partial charge in [0.05, 0.1) is 5.56 Å². The summed E-state index contributed by atoms with van der Waals surface area (Å²) < 4.78 is 73.8. The zero-order valence-electron chi connectivity index (χ0n) is 13.7. The van der Waals surface area contributed by atoms with Crippen molar-refractivity contribution in [2.45, 2.75) is 32.4 Å². The summed E-state index contributed by atoms with van der Waals surface area (Å²) in [7, 11) is 0. The highest BCUT2D eigenvalue weighted by Crippen LogP contribution is 2.29. The van der Waals surface area contributed by atoms with E-state index in [0.717, 1.165) is 12.1 Å². The highest BCUT2D eigenvalue weighted by Gasteiger charge is 2.30. The van der Waals surface area contributed by atoms with Gasteiger partial charge in [0.15, 0.2) is 0 Å². The van der Waals surface area contributed by atoms with Crippen LogP contribution in [0.4, 0.5) is 13.2 Å². The molecule has 1 N–H and O–H groups in total. The Morgan fingerprint density at radius 2 is 2.25 bits per heavy atom. The molecule has 0 bridgehead atoms. The zero-order chi connectivity index (χ0) is 16.5. The average Bonchev–Trinajstić information content (AvgIpc) is 2.25. The molecule has 1 rings (SSSR count). The van der Waals surface area contributed by atoms with Gasteiger partial charge in [-0.3, -0.25) is 0 Å².